The molecule has 0 atom stereocenters. The third kappa shape index (κ3) is 5.12. The van der Waals surface area contributed by atoms with Crippen molar-refractivity contribution in [3.8, 4) is 45.3 Å². The summed E-state index contributed by atoms with van der Waals surface area (Å²) in [6.45, 7) is 0. The minimum Gasteiger partial charge on any atom is -0.454 e. The second-order valence-electron chi connectivity index (χ2n) is 16.4. The quantitative estimate of drug-likeness (QED) is 0.173. The molecule has 0 aliphatic rings. The van der Waals surface area contributed by atoms with Crippen molar-refractivity contribution in [2.45, 2.75) is 0 Å². The molecule has 0 aliphatic carbocycles. The van der Waals surface area contributed by atoms with E-state index in [9.17, 15) is 0 Å². The second-order valence-corrected chi connectivity index (χ2v) is 16.4. The third-order valence-electron chi connectivity index (χ3n) is 12.8. The van der Waals surface area contributed by atoms with Crippen molar-refractivity contribution in [2.24, 2.45) is 0 Å². The molecule has 0 bridgehead atoms. The van der Waals surface area contributed by atoms with Crippen LogP contribution in [-0.4, -0.2) is 24.1 Å². The topological polar surface area (TPSA) is 74.8 Å². The molecule has 7 aromatic carbocycles. The van der Waals surface area contributed by atoms with Gasteiger partial charge >= 0.3 is 0 Å². The number of hydrogen-bond acceptors (Lipinski definition) is 5. The summed E-state index contributed by atoms with van der Waals surface area (Å²) in [5, 5.41) is 7.87. The van der Waals surface area contributed by atoms with Crippen LogP contribution in [0, 0.1) is 0 Å². The van der Waals surface area contributed by atoms with E-state index in [0.717, 1.165) is 94.8 Å². The number of fused-ring (bicyclic) bond motifs is 12. The molecule has 0 aliphatic heterocycles. The monoisotopic (exact) mass is 819 g/mol. The molecule has 14 aromatic rings. The number of benzene rings is 7. The Morgan fingerprint density at radius 2 is 1.00 bits per heavy atom. The first-order valence-corrected chi connectivity index (χ1v) is 21.4. The number of pyridine rings is 3. The van der Waals surface area contributed by atoms with Crippen LogP contribution in [0.4, 0.5) is 0 Å². The Balaban J connectivity index is 0.902. The molecule has 0 amide bonds. The molecule has 298 valence electrons. The van der Waals surface area contributed by atoms with Gasteiger partial charge in [0.15, 0.2) is 11.2 Å². The fourth-order valence-electron chi connectivity index (χ4n) is 9.94. The summed E-state index contributed by atoms with van der Waals surface area (Å²) >= 11 is 0. The first-order chi connectivity index (χ1) is 31.7. The summed E-state index contributed by atoms with van der Waals surface area (Å²) in [6.07, 6.45) is 1.78. The molecular weight excluding hydrogens is 787 g/mol. The highest BCUT2D eigenvalue weighted by Gasteiger charge is 2.20. The fourth-order valence-corrected chi connectivity index (χ4v) is 9.94. The van der Waals surface area contributed by atoms with Gasteiger partial charge in [-0.15, -0.1) is 0 Å². The van der Waals surface area contributed by atoms with E-state index in [1.807, 2.05) is 48.5 Å². The van der Waals surface area contributed by atoms with E-state index in [0.29, 0.717) is 0 Å². The Kier molecular flexibility index (Phi) is 7.27. The van der Waals surface area contributed by atoms with Crippen LogP contribution in [0.1, 0.15) is 0 Å². The molecule has 14 rings (SSSR count). The molecule has 64 heavy (non-hydrogen) atoms. The van der Waals surface area contributed by atoms with Crippen LogP contribution in [0.25, 0.3) is 133 Å². The van der Waals surface area contributed by atoms with Gasteiger partial charge in [-0.2, -0.15) is 0 Å². The lowest BCUT2D eigenvalue weighted by atomic mass is 9.98. The molecule has 7 heterocycles. The predicted octanol–water partition coefficient (Wildman–Crippen LogP) is 14.9. The SMILES string of the molecule is c1ccc(-n2c3ccccc3c3ccc(-c4cccc5c4c4ccccc4n5-c4ccc5oc6ccc(-c7cccc(-c8cc9c(cn8)oc8ccccc89)n7)nc6c5c4)cc32)cc1. The zero-order chi connectivity index (χ0) is 41.9. The first-order valence-electron chi connectivity index (χ1n) is 21.4. The lowest BCUT2D eigenvalue weighted by Crippen LogP contribution is -1.94. The highest BCUT2D eigenvalue weighted by Crippen LogP contribution is 2.42. The van der Waals surface area contributed by atoms with Crippen molar-refractivity contribution in [1.29, 1.82) is 0 Å². The van der Waals surface area contributed by atoms with Crippen LogP contribution in [0.15, 0.2) is 209 Å². The maximum atomic E-state index is 6.41. The van der Waals surface area contributed by atoms with Crippen molar-refractivity contribution in [3.63, 3.8) is 0 Å². The van der Waals surface area contributed by atoms with E-state index >= 15 is 0 Å². The molecule has 0 saturated carbocycles. The van der Waals surface area contributed by atoms with Crippen LogP contribution in [0.3, 0.4) is 0 Å². The van der Waals surface area contributed by atoms with Gasteiger partial charge in [-0.05, 0) is 102 Å². The minimum atomic E-state index is 0.721. The number of para-hydroxylation sites is 4. The maximum Gasteiger partial charge on any atom is 0.153 e. The molecular formula is C57H33N5O2. The van der Waals surface area contributed by atoms with Crippen LogP contribution < -0.4 is 0 Å². The normalized spacial score (nSPS) is 12.1. The smallest absolute Gasteiger partial charge is 0.153 e. The van der Waals surface area contributed by atoms with Crippen molar-refractivity contribution in [2.75, 3.05) is 0 Å². The van der Waals surface area contributed by atoms with Crippen LogP contribution in [-0.2, 0) is 0 Å². The van der Waals surface area contributed by atoms with Crippen molar-refractivity contribution >= 4 is 87.6 Å². The highest BCUT2D eigenvalue weighted by molar-refractivity contribution is 6.17. The van der Waals surface area contributed by atoms with E-state index in [4.69, 9.17) is 23.8 Å². The summed E-state index contributed by atoms with van der Waals surface area (Å²) in [6, 6.07) is 68.1. The third-order valence-corrected chi connectivity index (χ3v) is 12.8. The van der Waals surface area contributed by atoms with E-state index in [1.54, 1.807) is 6.20 Å². The zero-order valence-corrected chi connectivity index (χ0v) is 34.1. The van der Waals surface area contributed by atoms with Gasteiger partial charge in [0.2, 0.25) is 0 Å². The second kappa shape index (κ2) is 13.3. The Bertz CT molecular complexity index is 4210. The highest BCUT2D eigenvalue weighted by atomic mass is 16.3. The molecule has 0 spiro atoms. The average Bonchev–Trinajstić information content (AvgIpc) is 4.11. The molecule has 7 aromatic heterocycles. The van der Waals surface area contributed by atoms with Gasteiger partial charge in [0, 0.05) is 49.1 Å². The molecule has 0 saturated heterocycles. The number of rotatable bonds is 5. The molecule has 0 N–H and O–H groups in total. The Morgan fingerprint density at radius 1 is 0.344 bits per heavy atom. The van der Waals surface area contributed by atoms with Gasteiger partial charge in [-0.3, -0.25) is 4.98 Å². The Labute approximate surface area is 364 Å². The van der Waals surface area contributed by atoms with E-state index < -0.39 is 0 Å². The van der Waals surface area contributed by atoms with Crippen molar-refractivity contribution < 1.29 is 8.83 Å². The van der Waals surface area contributed by atoms with Crippen LogP contribution >= 0.6 is 0 Å². The van der Waals surface area contributed by atoms with E-state index in [-0.39, 0.29) is 0 Å². The van der Waals surface area contributed by atoms with Crippen molar-refractivity contribution in [3.05, 3.63) is 200 Å². The Hall–Kier alpha value is -8.81. The summed E-state index contributed by atoms with van der Waals surface area (Å²) in [5.74, 6) is 0. The van der Waals surface area contributed by atoms with Crippen molar-refractivity contribution in [1.82, 2.24) is 24.1 Å². The predicted molar refractivity (Wildman–Crippen MR) is 259 cm³/mol. The number of furan rings is 2. The van der Waals surface area contributed by atoms with Gasteiger partial charge in [0.05, 0.1) is 51.0 Å². The number of nitrogens with zero attached hydrogens (tertiary/aromatic N) is 5. The first kappa shape index (κ1) is 34.9. The lowest BCUT2D eigenvalue weighted by Gasteiger charge is -2.11. The molecule has 0 radical (unpaired) electrons. The largest absolute Gasteiger partial charge is 0.454 e. The zero-order valence-electron chi connectivity index (χ0n) is 34.1. The average molecular weight is 820 g/mol. The summed E-state index contributed by atoms with van der Waals surface area (Å²) in [4.78, 5) is 15.0. The standard InChI is InChI=1S/C57H33N5O2/c1-2-12-35(13-3-1)61-48-20-7-4-14-38(48)39-26-24-34(30-51(39)61)37-17-10-22-50-56(37)41-16-5-8-21-49(41)62(50)36-25-28-53-43(31-36)57-54(63-53)29-27-46(60-57)44-18-11-19-45(59-44)47-32-42-40-15-6-9-23-52(40)64-55(42)33-58-47/h1-33H. The molecule has 7 nitrogen and oxygen atoms in total. The molecule has 0 fully saturated rings. The minimum absolute atomic E-state index is 0.721. The summed E-state index contributed by atoms with van der Waals surface area (Å²) in [7, 11) is 0. The molecule has 7 heteroatoms. The van der Waals surface area contributed by atoms with Gasteiger partial charge < -0.3 is 18.0 Å². The lowest BCUT2D eigenvalue weighted by molar-refractivity contribution is 0.667. The number of hydrogen-bond donors (Lipinski definition) is 0. The van der Waals surface area contributed by atoms with Crippen LogP contribution in [0.2, 0.25) is 0 Å². The van der Waals surface area contributed by atoms with E-state index in [1.165, 1.54) is 38.1 Å². The molecule has 0 unspecified atom stereocenters. The summed E-state index contributed by atoms with van der Waals surface area (Å²) in [5.41, 5.74) is 16.0. The Morgan fingerprint density at radius 3 is 1.89 bits per heavy atom. The van der Waals surface area contributed by atoms with E-state index in [2.05, 4.69) is 155 Å². The fraction of sp³-hybridized carbons (Fsp3) is 0. The van der Waals surface area contributed by atoms with Gasteiger partial charge in [0.1, 0.15) is 16.7 Å². The summed E-state index contributed by atoms with van der Waals surface area (Å²) < 4.78 is 17.2. The number of aromatic nitrogens is 5. The van der Waals surface area contributed by atoms with Gasteiger partial charge in [-0.1, -0.05) is 103 Å². The maximum absolute atomic E-state index is 6.41. The van der Waals surface area contributed by atoms with Gasteiger partial charge in [-0.25, -0.2) is 9.97 Å². The van der Waals surface area contributed by atoms with Gasteiger partial charge in [0.25, 0.3) is 0 Å². The van der Waals surface area contributed by atoms with Crippen LogP contribution in [0.5, 0.6) is 0 Å².